The lowest BCUT2D eigenvalue weighted by atomic mass is 10.3. The van der Waals surface area contributed by atoms with E-state index in [9.17, 15) is 0 Å². The van der Waals surface area contributed by atoms with Gasteiger partial charge in [0.15, 0.2) is 0 Å². The molecule has 0 fully saturated rings. The van der Waals surface area contributed by atoms with Crippen molar-refractivity contribution in [1.29, 1.82) is 0 Å². The molecule has 0 bridgehead atoms. The Morgan fingerprint density at radius 1 is 1.43 bits per heavy atom. The average Bonchev–Trinajstić information content (AvgIpc) is 1.61. The van der Waals surface area contributed by atoms with Crippen LogP contribution in [0, 0.1) is 0 Å². The molecular weight excluding hydrogens is 122 g/mol. The van der Waals surface area contributed by atoms with E-state index < -0.39 is 0 Å². The van der Waals surface area contributed by atoms with Crippen molar-refractivity contribution in [2.24, 2.45) is 0 Å². The molecule has 0 aromatic carbocycles. The molecule has 0 saturated heterocycles. The van der Waals surface area contributed by atoms with Crippen LogP contribution < -0.4 is 0 Å². The van der Waals surface area contributed by atoms with E-state index in [0.29, 0.717) is 0 Å². The maximum atomic E-state index is 2.77. The van der Waals surface area contributed by atoms with E-state index in [2.05, 4.69) is 25.4 Å². The van der Waals surface area contributed by atoms with Crippen LogP contribution in [0.25, 0.3) is 0 Å². The van der Waals surface area contributed by atoms with Crippen molar-refractivity contribution >= 4 is 18.5 Å². The third-order valence-corrected chi connectivity index (χ3v) is 1.56. The predicted octanol–water partition coefficient (Wildman–Crippen LogP) is 2.25. The average molecular weight is 136 g/mol. The normalized spacial score (nSPS) is 10.3. The van der Waals surface area contributed by atoms with E-state index in [4.69, 9.17) is 0 Å². The maximum absolute atomic E-state index is 2.77. The van der Waals surface area contributed by atoms with Gasteiger partial charge in [0.2, 0.25) is 0 Å². The lowest BCUT2D eigenvalue weighted by Crippen LogP contribution is -1.81. The summed E-state index contributed by atoms with van der Waals surface area (Å²) in [6, 6.07) is 0. The highest BCUT2D eigenvalue weighted by atomic mass is 31.1. The van der Waals surface area contributed by atoms with E-state index in [1.54, 1.807) is 0 Å². The van der Waals surface area contributed by atoms with Crippen molar-refractivity contribution < 1.29 is 0 Å². The molecule has 0 nitrogen and oxygen atoms in total. The molecule has 0 spiro atoms. The van der Waals surface area contributed by atoms with Crippen molar-refractivity contribution in [3.05, 3.63) is 0 Å². The molecule has 7 heavy (non-hydrogen) atoms. The number of rotatable bonds is 3. The summed E-state index contributed by atoms with van der Waals surface area (Å²) in [7, 11) is 5.54. The minimum absolute atomic E-state index is 0.736. The third kappa shape index (κ3) is 6.86. The van der Waals surface area contributed by atoms with Crippen LogP contribution in [0.1, 0.15) is 26.2 Å². The molecule has 0 aliphatic heterocycles. The van der Waals surface area contributed by atoms with Crippen molar-refractivity contribution in [3.8, 4) is 0 Å². The summed E-state index contributed by atoms with van der Waals surface area (Å²) in [5.74, 6) is 0. The monoisotopic (exact) mass is 136 g/mol. The maximum Gasteiger partial charge on any atom is -0.0118 e. The number of hydrogen-bond donors (Lipinski definition) is 0. The highest BCUT2D eigenvalue weighted by Crippen LogP contribution is 2.15. The van der Waals surface area contributed by atoms with Gasteiger partial charge in [0.05, 0.1) is 0 Å². The highest BCUT2D eigenvalue weighted by molar-refractivity contribution is 7.37. The van der Waals surface area contributed by atoms with Crippen LogP contribution in [0.15, 0.2) is 0 Å². The van der Waals surface area contributed by atoms with Gasteiger partial charge in [-0.15, -0.1) is 18.5 Å². The Kier molecular flexibility index (Phi) is 5.62. The first kappa shape index (κ1) is 7.86. The molecule has 2 atom stereocenters. The molecule has 0 aromatic heterocycles. The van der Waals surface area contributed by atoms with E-state index in [-0.39, 0.29) is 0 Å². The zero-order chi connectivity index (χ0) is 5.70. The van der Waals surface area contributed by atoms with Gasteiger partial charge in [0.25, 0.3) is 0 Å². The Hall–Kier alpha value is 0.860. The van der Waals surface area contributed by atoms with Crippen molar-refractivity contribution in [3.63, 3.8) is 0 Å². The Morgan fingerprint density at radius 2 is 2.00 bits per heavy atom. The van der Waals surface area contributed by atoms with Crippen LogP contribution in [0.4, 0.5) is 0 Å². The van der Waals surface area contributed by atoms with E-state index in [1.807, 2.05) is 0 Å². The summed E-state index contributed by atoms with van der Waals surface area (Å²) in [6.45, 7) is 2.22. The van der Waals surface area contributed by atoms with Gasteiger partial charge in [-0.2, -0.15) is 0 Å². The van der Waals surface area contributed by atoms with Gasteiger partial charge in [-0.05, 0) is 11.8 Å². The SMILES string of the molecule is CCCCC(P)P. The molecule has 0 aliphatic carbocycles. The first-order chi connectivity index (χ1) is 3.27. The van der Waals surface area contributed by atoms with E-state index in [1.165, 1.54) is 19.3 Å². The first-order valence-corrected chi connectivity index (χ1v) is 4.12. The molecule has 44 valence electrons. The summed E-state index contributed by atoms with van der Waals surface area (Å²) in [6.07, 6.45) is 4.00. The van der Waals surface area contributed by atoms with Crippen LogP contribution in [0.5, 0.6) is 0 Å². The molecule has 0 N–H and O–H groups in total. The third-order valence-electron chi connectivity index (χ3n) is 0.891. The molecule has 0 amide bonds. The van der Waals surface area contributed by atoms with E-state index >= 15 is 0 Å². The molecule has 2 heteroatoms. The summed E-state index contributed by atoms with van der Waals surface area (Å²) in [5.41, 5.74) is 0. The fourth-order valence-corrected chi connectivity index (χ4v) is 0.911. The van der Waals surface area contributed by atoms with Crippen LogP contribution in [-0.2, 0) is 0 Å². The molecule has 2 unspecified atom stereocenters. The zero-order valence-electron chi connectivity index (χ0n) is 4.85. The Bertz CT molecular complexity index is 35.1. The first-order valence-electron chi connectivity index (χ1n) is 2.78. The van der Waals surface area contributed by atoms with Crippen LogP contribution in [-0.4, -0.2) is 5.40 Å². The van der Waals surface area contributed by atoms with Crippen LogP contribution in [0.2, 0.25) is 0 Å². The zero-order valence-corrected chi connectivity index (χ0v) is 7.16. The molecular formula is C5H14P2. The minimum Gasteiger partial charge on any atom is -0.130 e. The van der Waals surface area contributed by atoms with Crippen molar-refractivity contribution in [1.82, 2.24) is 0 Å². The van der Waals surface area contributed by atoms with Crippen molar-refractivity contribution in [2.75, 3.05) is 0 Å². The van der Waals surface area contributed by atoms with E-state index in [0.717, 1.165) is 5.40 Å². The fourth-order valence-electron chi connectivity index (χ4n) is 0.440. The second kappa shape index (κ2) is 5.01. The fraction of sp³-hybridized carbons (Fsp3) is 1.00. The molecule has 0 rings (SSSR count). The Morgan fingerprint density at radius 3 is 2.14 bits per heavy atom. The van der Waals surface area contributed by atoms with Gasteiger partial charge in [-0.25, -0.2) is 0 Å². The molecule has 0 saturated carbocycles. The molecule has 0 aliphatic rings. The topological polar surface area (TPSA) is 0 Å². The van der Waals surface area contributed by atoms with Gasteiger partial charge < -0.3 is 0 Å². The molecule has 0 radical (unpaired) electrons. The quantitative estimate of drug-likeness (QED) is 0.522. The lowest BCUT2D eigenvalue weighted by molar-refractivity contribution is 0.763. The molecule has 0 aromatic rings. The Balaban J connectivity index is 2.68. The van der Waals surface area contributed by atoms with Gasteiger partial charge >= 0.3 is 0 Å². The second-order valence-electron chi connectivity index (χ2n) is 1.81. The summed E-state index contributed by atoms with van der Waals surface area (Å²) in [4.78, 5) is 0. The Labute approximate surface area is 50.9 Å². The number of hydrogen-bond acceptors (Lipinski definition) is 0. The standard InChI is InChI=1S/C5H14P2/c1-2-3-4-5(6)7/h5H,2-4,6-7H2,1H3. The summed E-state index contributed by atoms with van der Waals surface area (Å²) >= 11 is 0. The lowest BCUT2D eigenvalue weighted by Gasteiger charge is -1.98. The second-order valence-corrected chi connectivity index (χ2v) is 4.29. The van der Waals surface area contributed by atoms with Gasteiger partial charge in [0.1, 0.15) is 0 Å². The van der Waals surface area contributed by atoms with Gasteiger partial charge in [-0.1, -0.05) is 19.8 Å². The predicted molar refractivity (Wildman–Crippen MR) is 42.7 cm³/mol. The van der Waals surface area contributed by atoms with Crippen LogP contribution in [0.3, 0.4) is 0 Å². The summed E-state index contributed by atoms with van der Waals surface area (Å²) in [5, 5.41) is 0.736. The van der Waals surface area contributed by atoms with Gasteiger partial charge in [-0.3, -0.25) is 0 Å². The van der Waals surface area contributed by atoms with Crippen molar-refractivity contribution in [2.45, 2.75) is 31.6 Å². The number of unbranched alkanes of at least 4 members (excludes halogenated alkanes) is 1. The minimum atomic E-state index is 0.736. The summed E-state index contributed by atoms with van der Waals surface area (Å²) < 4.78 is 0. The highest BCUT2D eigenvalue weighted by Gasteiger charge is 1.88. The smallest absolute Gasteiger partial charge is 0.0118 e. The molecule has 0 heterocycles. The van der Waals surface area contributed by atoms with Crippen LogP contribution >= 0.6 is 18.5 Å². The largest absolute Gasteiger partial charge is 0.130 e. The van der Waals surface area contributed by atoms with Gasteiger partial charge in [0, 0.05) is 0 Å².